The van der Waals surface area contributed by atoms with Gasteiger partial charge in [0.25, 0.3) is 5.91 Å². The summed E-state index contributed by atoms with van der Waals surface area (Å²) in [7, 11) is 3.97. The van der Waals surface area contributed by atoms with Crippen LogP contribution in [0, 0.1) is 5.41 Å². The molecule has 1 saturated heterocycles. The van der Waals surface area contributed by atoms with E-state index in [1.807, 2.05) is 14.1 Å². The van der Waals surface area contributed by atoms with Crippen molar-refractivity contribution >= 4 is 17.8 Å². The molecule has 7 nitrogen and oxygen atoms in total. The van der Waals surface area contributed by atoms with E-state index in [0.29, 0.717) is 19.4 Å². The van der Waals surface area contributed by atoms with Gasteiger partial charge in [0.05, 0.1) is 0 Å². The minimum Gasteiger partial charge on any atom is -0.354 e. The van der Waals surface area contributed by atoms with Crippen molar-refractivity contribution < 1.29 is 14.4 Å². The molecule has 0 bridgehead atoms. The average molecular weight is 338 g/mol. The van der Waals surface area contributed by atoms with E-state index in [4.69, 9.17) is 0 Å². The van der Waals surface area contributed by atoms with Crippen LogP contribution in [-0.2, 0) is 9.59 Å². The molecule has 0 aromatic heterocycles. The Balaban J connectivity index is 1.90. The number of rotatable bonds is 6. The van der Waals surface area contributed by atoms with Crippen LogP contribution in [0.2, 0.25) is 0 Å². The summed E-state index contributed by atoms with van der Waals surface area (Å²) < 4.78 is 0. The van der Waals surface area contributed by atoms with Crippen LogP contribution in [0.3, 0.4) is 0 Å². The normalized spacial score (nSPS) is 20.6. The number of carbonyl (C=O) groups is 3. The summed E-state index contributed by atoms with van der Waals surface area (Å²) in [6.07, 6.45) is 4.30. The Morgan fingerprint density at radius 1 is 1.25 bits per heavy atom. The average Bonchev–Trinajstić information content (AvgIpc) is 2.69. The number of imide groups is 1. The van der Waals surface area contributed by atoms with Crippen molar-refractivity contribution in [3.8, 4) is 0 Å². The van der Waals surface area contributed by atoms with Gasteiger partial charge in [-0.25, -0.2) is 4.79 Å². The summed E-state index contributed by atoms with van der Waals surface area (Å²) in [6.45, 7) is 5.26. The highest BCUT2D eigenvalue weighted by atomic mass is 16.2. The first-order chi connectivity index (χ1) is 11.2. The van der Waals surface area contributed by atoms with Crippen molar-refractivity contribution in [1.29, 1.82) is 0 Å². The SMILES string of the molecule is CN(C)CC(C)(C)CNC(=O)CN1C(=O)NC2(CCCCC2)C1=O. The molecular formula is C17H30N4O3. The highest BCUT2D eigenvalue weighted by Crippen LogP contribution is 2.33. The maximum absolute atomic E-state index is 12.6. The maximum Gasteiger partial charge on any atom is 0.325 e. The van der Waals surface area contributed by atoms with Crippen molar-refractivity contribution in [2.24, 2.45) is 5.41 Å². The monoisotopic (exact) mass is 338 g/mol. The van der Waals surface area contributed by atoms with Crippen LogP contribution in [0.25, 0.3) is 0 Å². The quantitative estimate of drug-likeness (QED) is 0.707. The van der Waals surface area contributed by atoms with Crippen molar-refractivity contribution in [3.63, 3.8) is 0 Å². The lowest BCUT2D eigenvalue weighted by Gasteiger charge is -2.30. The molecule has 1 aliphatic heterocycles. The van der Waals surface area contributed by atoms with Gasteiger partial charge in [-0.15, -0.1) is 0 Å². The highest BCUT2D eigenvalue weighted by molar-refractivity contribution is 6.09. The molecule has 7 heteroatoms. The molecule has 2 rings (SSSR count). The van der Waals surface area contributed by atoms with Gasteiger partial charge >= 0.3 is 6.03 Å². The fourth-order valence-electron chi connectivity index (χ4n) is 3.76. The van der Waals surface area contributed by atoms with Crippen LogP contribution in [0.4, 0.5) is 4.79 Å². The van der Waals surface area contributed by atoms with E-state index in [2.05, 4.69) is 29.4 Å². The fraction of sp³-hybridized carbons (Fsp3) is 0.824. The molecule has 0 unspecified atom stereocenters. The Kier molecular flexibility index (Phi) is 5.52. The molecule has 0 radical (unpaired) electrons. The second-order valence-electron chi connectivity index (χ2n) is 8.14. The van der Waals surface area contributed by atoms with Gasteiger partial charge in [-0.05, 0) is 32.4 Å². The molecule has 2 aliphatic rings. The van der Waals surface area contributed by atoms with Gasteiger partial charge in [-0.1, -0.05) is 33.1 Å². The highest BCUT2D eigenvalue weighted by Gasteiger charge is 2.51. The Bertz CT molecular complexity index is 510. The second-order valence-corrected chi connectivity index (χ2v) is 8.14. The van der Waals surface area contributed by atoms with E-state index in [9.17, 15) is 14.4 Å². The van der Waals surface area contributed by atoms with Crippen LogP contribution in [0.1, 0.15) is 46.0 Å². The first-order valence-electron chi connectivity index (χ1n) is 8.71. The summed E-state index contributed by atoms with van der Waals surface area (Å²) >= 11 is 0. The molecule has 1 saturated carbocycles. The standard InChI is InChI=1S/C17H30N4O3/c1-16(2,12-20(3)4)11-18-13(22)10-21-14(23)17(19-15(21)24)8-6-5-7-9-17/h5-12H2,1-4H3,(H,18,22)(H,19,24). The summed E-state index contributed by atoms with van der Waals surface area (Å²) in [6, 6.07) is -0.440. The lowest BCUT2D eigenvalue weighted by molar-refractivity contribution is -0.135. The van der Waals surface area contributed by atoms with Gasteiger partial charge in [0, 0.05) is 13.1 Å². The van der Waals surface area contributed by atoms with Crippen LogP contribution in [0.15, 0.2) is 0 Å². The summed E-state index contributed by atoms with van der Waals surface area (Å²) in [5, 5.41) is 5.67. The van der Waals surface area contributed by atoms with Gasteiger partial charge < -0.3 is 15.5 Å². The van der Waals surface area contributed by atoms with Gasteiger partial charge in [0.15, 0.2) is 0 Å². The molecule has 24 heavy (non-hydrogen) atoms. The molecule has 1 spiro atoms. The van der Waals surface area contributed by atoms with Crippen molar-refractivity contribution in [1.82, 2.24) is 20.4 Å². The van der Waals surface area contributed by atoms with E-state index >= 15 is 0 Å². The summed E-state index contributed by atoms with van der Waals surface area (Å²) in [5.74, 6) is -0.534. The van der Waals surface area contributed by atoms with Gasteiger partial charge in [0.1, 0.15) is 12.1 Å². The lowest BCUT2D eigenvalue weighted by atomic mass is 9.82. The molecule has 2 fully saturated rings. The van der Waals surface area contributed by atoms with Crippen molar-refractivity contribution in [2.45, 2.75) is 51.5 Å². The third kappa shape index (κ3) is 4.26. The third-order valence-electron chi connectivity index (χ3n) is 4.76. The minimum atomic E-state index is -0.764. The number of hydrogen-bond donors (Lipinski definition) is 2. The Morgan fingerprint density at radius 2 is 1.88 bits per heavy atom. The topological polar surface area (TPSA) is 81.8 Å². The van der Waals surface area contributed by atoms with E-state index in [1.165, 1.54) is 0 Å². The predicted molar refractivity (Wildman–Crippen MR) is 91.4 cm³/mol. The molecular weight excluding hydrogens is 308 g/mol. The van der Waals surface area contributed by atoms with Crippen LogP contribution in [-0.4, -0.2) is 66.9 Å². The van der Waals surface area contributed by atoms with Crippen molar-refractivity contribution in [3.05, 3.63) is 0 Å². The Hall–Kier alpha value is -1.63. The van der Waals surface area contributed by atoms with E-state index in [1.54, 1.807) is 0 Å². The smallest absolute Gasteiger partial charge is 0.325 e. The zero-order chi connectivity index (χ0) is 18.0. The summed E-state index contributed by atoms with van der Waals surface area (Å²) in [4.78, 5) is 40.1. The minimum absolute atomic E-state index is 0.0823. The summed E-state index contributed by atoms with van der Waals surface area (Å²) in [5.41, 5.74) is -0.846. The number of carbonyl (C=O) groups excluding carboxylic acids is 3. The number of urea groups is 1. The van der Waals surface area contributed by atoms with Gasteiger partial charge in [-0.2, -0.15) is 0 Å². The second kappa shape index (κ2) is 7.09. The number of nitrogens with zero attached hydrogens (tertiary/aromatic N) is 2. The third-order valence-corrected chi connectivity index (χ3v) is 4.76. The van der Waals surface area contributed by atoms with Gasteiger partial charge in [0.2, 0.25) is 5.91 Å². The molecule has 4 amide bonds. The van der Waals surface area contributed by atoms with Crippen molar-refractivity contribution in [2.75, 3.05) is 33.7 Å². The van der Waals surface area contributed by atoms with E-state index < -0.39 is 11.6 Å². The Labute approximate surface area is 144 Å². The van der Waals surface area contributed by atoms with Gasteiger partial charge in [-0.3, -0.25) is 14.5 Å². The fourth-order valence-corrected chi connectivity index (χ4v) is 3.76. The number of nitrogens with one attached hydrogen (secondary N) is 2. The zero-order valence-electron chi connectivity index (χ0n) is 15.3. The predicted octanol–water partition coefficient (Wildman–Crippen LogP) is 0.945. The molecule has 2 N–H and O–H groups in total. The molecule has 136 valence electrons. The van der Waals surface area contributed by atoms with Crippen LogP contribution in [0.5, 0.6) is 0 Å². The van der Waals surface area contributed by atoms with Crippen LogP contribution < -0.4 is 10.6 Å². The maximum atomic E-state index is 12.6. The number of amides is 4. The Morgan fingerprint density at radius 3 is 2.46 bits per heavy atom. The molecule has 0 aromatic carbocycles. The largest absolute Gasteiger partial charge is 0.354 e. The number of hydrogen-bond acceptors (Lipinski definition) is 4. The lowest BCUT2D eigenvalue weighted by Crippen LogP contribution is -2.49. The van der Waals surface area contributed by atoms with E-state index in [-0.39, 0.29) is 23.8 Å². The molecule has 1 aliphatic carbocycles. The zero-order valence-corrected chi connectivity index (χ0v) is 15.3. The molecule has 0 atom stereocenters. The van der Waals surface area contributed by atoms with Crippen LogP contribution >= 0.6 is 0 Å². The molecule has 1 heterocycles. The first kappa shape index (κ1) is 18.7. The molecule has 0 aromatic rings. The first-order valence-corrected chi connectivity index (χ1v) is 8.71. The van der Waals surface area contributed by atoms with E-state index in [0.717, 1.165) is 30.7 Å².